The van der Waals surface area contributed by atoms with Crippen molar-refractivity contribution < 1.29 is 127 Å². The van der Waals surface area contributed by atoms with Gasteiger partial charge in [0.05, 0.1) is 13.2 Å². The molecule has 0 rings (SSSR count). The van der Waals surface area contributed by atoms with Crippen LogP contribution < -0.4 is 113 Å². The van der Waals surface area contributed by atoms with Crippen LogP contribution >= 0.6 is 0 Å². The summed E-state index contributed by atoms with van der Waals surface area (Å²) in [4.78, 5) is 8.33. The van der Waals surface area contributed by atoms with Crippen LogP contribution in [-0.2, 0) is 9.47 Å². The first-order chi connectivity index (χ1) is 4.65. The van der Waals surface area contributed by atoms with Crippen LogP contribution in [0.1, 0.15) is 0 Å². The van der Waals surface area contributed by atoms with Gasteiger partial charge < -0.3 is 24.5 Å². The summed E-state index contributed by atoms with van der Waals surface area (Å²) in [5, 5.41) is 16.7. The normalized spacial score (nSPS) is 6.50. The van der Waals surface area contributed by atoms with E-state index in [1.54, 1.807) is 14.2 Å². The minimum atomic E-state index is -2.33. The molecular formula is C5H10K2O5. The Balaban J connectivity index is -0.0000000483. The van der Waals surface area contributed by atoms with E-state index in [0.717, 1.165) is 0 Å². The van der Waals surface area contributed by atoms with Crippen molar-refractivity contribution in [1.29, 1.82) is 0 Å². The molecule has 0 aromatic carbocycles. The summed E-state index contributed by atoms with van der Waals surface area (Å²) in [6.45, 7) is 1.38. The molecule has 0 heterocycles. The number of carbonyl (C=O) groups is 1. The van der Waals surface area contributed by atoms with E-state index in [9.17, 15) is 0 Å². The van der Waals surface area contributed by atoms with Crippen molar-refractivity contribution in [2.75, 3.05) is 27.4 Å². The molecule has 7 heteroatoms. The molecule has 62 valence electrons. The van der Waals surface area contributed by atoms with Crippen molar-refractivity contribution in [2.45, 2.75) is 0 Å². The van der Waals surface area contributed by atoms with Gasteiger partial charge in [-0.15, -0.1) is 0 Å². The van der Waals surface area contributed by atoms with Crippen LogP contribution in [0.3, 0.4) is 0 Å². The molecule has 0 atom stereocenters. The molecule has 0 bridgehead atoms. The summed E-state index contributed by atoms with van der Waals surface area (Å²) >= 11 is 0. The Hall–Kier alpha value is 2.46. The molecule has 0 unspecified atom stereocenters. The van der Waals surface area contributed by atoms with Crippen LogP contribution in [0.2, 0.25) is 0 Å². The van der Waals surface area contributed by atoms with Gasteiger partial charge in [-0.25, -0.2) is 0 Å². The van der Waals surface area contributed by atoms with Gasteiger partial charge >= 0.3 is 103 Å². The maximum atomic E-state index is 8.33. The molecule has 0 aliphatic rings. The molecule has 0 aliphatic carbocycles. The van der Waals surface area contributed by atoms with Gasteiger partial charge in [-0.3, -0.25) is 0 Å². The quantitative estimate of drug-likeness (QED) is 0.354. The summed E-state index contributed by atoms with van der Waals surface area (Å²) in [5.74, 6) is 0. The summed E-state index contributed by atoms with van der Waals surface area (Å²) in [5.41, 5.74) is 0. The molecule has 0 spiro atoms. The van der Waals surface area contributed by atoms with E-state index < -0.39 is 6.16 Å². The first-order valence-corrected chi connectivity index (χ1v) is 2.51. The van der Waals surface area contributed by atoms with E-state index in [1.807, 2.05) is 0 Å². The van der Waals surface area contributed by atoms with Gasteiger partial charge in [0, 0.05) is 14.2 Å². The number of ether oxygens (including phenoxy) is 2. The van der Waals surface area contributed by atoms with Gasteiger partial charge in [0.2, 0.25) is 0 Å². The third-order valence-corrected chi connectivity index (χ3v) is 0.492. The van der Waals surface area contributed by atoms with E-state index in [0.29, 0.717) is 13.2 Å². The van der Waals surface area contributed by atoms with Gasteiger partial charge in [-0.05, 0) is 6.16 Å². The summed E-state index contributed by atoms with van der Waals surface area (Å²) in [7, 11) is 3.30. The Morgan fingerprint density at radius 1 is 1.08 bits per heavy atom. The Morgan fingerprint density at radius 2 is 1.25 bits per heavy atom. The molecule has 0 aromatic heterocycles. The second-order valence-corrected chi connectivity index (χ2v) is 1.24. The van der Waals surface area contributed by atoms with Crippen LogP contribution in [0.4, 0.5) is 4.79 Å². The zero-order valence-electron chi connectivity index (χ0n) is 7.96. The van der Waals surface area contributed by atoms with E-state index in [4.69, 9.17) is 15.0 Å². The van der Waals surface area contributed by atoms with Crippen molar-refractivity contribution >= 4 is 6.16 Å². The summed E-state index contributed by atoms with van der Waals surface area (Å²) in [6.07, 6.45) is -2.33. The van der Waals surface area contributed by atoms with Gasteiger partial charge in [0.1, 0.15) is 0 Å². The van der Waals surface area contributed by atoms with Gasteiger partial charge in [-0.1, -0.05) is 0 Å². The van der Waals surface area contributed by atoms with E-state index >= 15 is 0 Å². The van der Waals surface area contributed by atoms with E-state index in [1.165, 1.54) is 0 Å². The number of carboxylic acid groups (broad SMARTS) is 2. The maximum Gasteiger partial charge on any atom is 1.00 e. The van der Waals surface area contributed by atoms with Crippen molar-refractivity contribution in [2.24, 2.45) is 0 Å². The fourth-order valence-electron chi connectivity index (χ4n) is 0.167. The number of methoxy groups -OCH3 is 2. The first-order valence-electron chi connectivity index (χ1n) is 2.51. The Morgan fingerprint density at radius 3 is 1.33 bits per heavy atom. The third-order valence-electron chi connectivity index (χ3n) is 0.492. The predicted octanol–water partition coefficient (Wildman–Crippen LogP) is -8.16. The molecule has 12 heavy (non-hydrogen) atoms. The fraction of sp³-hybridized carbons (Fsp3) is 0.800. The zero-order chi connectivity index (χ0) is 8.41. The minimum absolute atomic E-state index is 0. The first kappa shape index (κ1) is 23.9. The van der Waals surface area contributed by atoms with Gasteiger partial charge in [0.25, 0.3) is 0 Å². The predicted molar refractivity (Wildman–Crippen MR) is 29.1 cm³/mol. The Kier molecular flexibility index (Phi) is 46.6. The van der Waals surface area contributed by atoms with Crippen molar-refractivity contribution in [3.05, 3.63) is 0 Å². The van der Waals surface area contributed by atoms with Crippen molar-refractivity contribution in [3.8, 4) is 0 Å². The van der Waals surface area contributed by atoms with Crippen LogP contribution in [0.25, 0.3) is 0 Å². The number of hydrogen-bond donors (Lipinski definition) is 0. The van der Waals surface area contributed by atoms with Crippen LogP contribution in [-0.4, -0.2) is 33.6 Å². The SMILES string of the molecule is COCCOC.O=C([O-])[O-].[K+].[K+]. The molecule has 0 saturated heterocycles. The Labute approximate surface area is 157 Å². The molecule has 0 aromatic rings. The topological polar surface area (TPSA) is 81.7 Å². The molecule has 5 nitrogen and oxygen atoms in total. The van der Waals surface area contributed by atoms with Gasteiger partial charge in [0.15, 0.2) is 0 Å². The maximum absolute atomic E-state index is 8.33. The summed E-state index contributed by atoms with van der Waals surface area (Å²) < 4.78 is 9.31. The molecular weight excluding hydrogens is 218 g/mol. The molecule has 0 radical (unpaired) electrons. The third kappa shape index (κ3) is 54.9. The van der Waals surface area contributed by atoms with Crippen LogP contribution in [0, 0.1) is 0 Å². The van der Waals surface area contributed by atoms with Gasteiger partial charge in [-0.2, -0.15) is 0 Å². The van der Waals surface area contributed by atoms with E-state index in [-0.39, 0.29) is 103 Å². The molecule has 0 N–H and O–H groups in total. The number of rotatable bonds is 3. The van der Waals surface area contributed by atoms with Crippen LogP contribution in [0.5, 0.6) is 0 Å². The van der Waals surface area contributed by atoms with E-state index in [2.05, 4.69) is 9.47 Å². The second-order valence-electron chi connectivity index (χ2n) is 1.24. The smallest absolute Gasteiger partial charge is 0.652 e. The minimum Gasteiger partial charge on any atom is -0.652 e. The Bertz CT molecular complexity index is 72.2. The largest absolute Gasteiger partial charge is 1.00 e. The second kappa shape index (κ2) is 23.4. The monoisotopic (exact) mass is 228 g/mol. The molecule has 0 saturated carbocycles. The summed E-state index contributed by atoms with van der Waals surface area (Å²) in [6, 6.07) is 0. The van der Waals surface area contributed by atoms with Crippen LogP contribution in [0.15, 0.2) is 0 Å². The molecule has 0 fully saturated rings. The average molecular weight is 228 g/mol. The number of carbonyl (C=O) groups excluding carboxylic acids is 1. The fourth-order valence-corrected chi connectivity index (χ4v) is 0.167. The molecule has 0 amide bonds. The van der Waals surface area contributed by atoms with Crippen molar-refractivity contribution in [1.82, 2.24) is 0 Å². The molecule has 0 aliphatic heterocycles. The average Bonchev–Trinajstić information content (AvgIpc) is 1.82. The van der Waals surface area contributed by atoms with Crippen molar-refractivity contribution in [3.63, 3.8) is 0 Å². The standard InChI is InChI=1S/C4H10O2.CH2O3.2K/c1-5-3-4-6-2;2-1(3)4;;/h3-4H2,1-2H3;(H2,2,3,4);;/q;;2*+1/p-2. The zero-order valence-corrected chi connectivity index (χ0v) is 14.2. The number of hydrogen-bond acceptors (Lipinski definition) is 5.